The van der Waals surface area contributed by atoms with E-state index in [1.807, 2.05) is 35.8 Å². The first-order valence-corrected chi connectivity index (χ1v) is 9.60. The summed E-state index contributed by atoms with van der Waals surface area (Å²) >= 11 is 0. The Morgan fingerprint density at radius 3 is 2.33 bits per heavy atom. The number of nitrogens with zero attached hydrogens (tertiary/aromatic N) is 2. The Hall–Kier alpha value is -3.00. The van der Waals surface area contributed by atoms with Gasteiger partial charge in [0.2, 0.25) is 5.95 Å². The van der Waals surface area contributed by atoms with Crippen LogP contribution in [0, 0.1) is 0 Å². The van der Waals surface area contributed by atoms with Gasteiger partial charge >= 0.3 is 6.18 Å². The summed E-state index contributed by atoms with van der Waals surface area (Å²) in [4.78, 5) is 4.46. The highest BCUT2D eigenvalue weighted by molar-refractivity contribution is 5.62. The number of imidazole rings is 1. The first-order valence-electron chi connectivity index (χ1n) is 9.60. The maximum absolute atomic E-state index is 12.7. The van der Waals surface area contributed by atoms with Crippen molar-refractivity contribution in [3.63, 3.8) is 0 Å². The number of benzene rings is 2. The second-order valence-corrected chi connectivity index (χ2v) is 6.62. The predicted molar refractivity (Wildman–Crippen MR) is 109 cm³/mol. The van der Waals surface area contributed by atoms with E-state index in [0.717, 1.165) is 34.7 Å². The van der Waals surface area contributed by atoms with Gasteiger partial charge in [-0.2, -0.15) is 13.2 Å². The summed E-state index contributed by atoms with van der Waals surface area (Å²) in [6.45, 7) is 3.96. The number of alkyl halides is 3. The van der Waals surface area contributed by atoms with E-state index >= 15 is 0 Å². The van der Waals surface area contributed by atoms with Crippen LogP contribution >= 0.6 is 0 Å². The number of aromatic nitrogens is 2. The molecule has 3 rings (SSSR count). The van der Waals surface area contributed by atoms with Gasteiger partial charge in [0.1, 0.15) is 5.75 Å². The molecule has 0 saturated carbocycles. The Bertz CT molecular complexity index is 936. The summed E-state index contributed by atoms with van der Waals surface area (Å²) in [6.07, 6.45) is -2.57. The summed E-state index contributed by atoms with van der Waals surface area (Å²) in [7, 11) is 1.63. The van der Waals surface area contributed by atoms with Crippen molar-refractivity contribution in [2.75, 3.05) is 25.6 Å². The predicted octanol–water partition coefficient (Wildman–Crippen LogP) is 5.23. The van der Waals surface area contributed by atoms with Crippen LogP contribution in [-0.4, -0.2) is 29.9 Å². The van der Waals surface area contributed by atoms with Crippen LogP contribution in [0.2, 0.25) is 0 Å². The lowest BCUT2D eigenvalue weighted by molar-refractivity contribution is -0.137. The van der Waals surface area contributed by atoms with Gasteiger partial charge in [-0.3, -0.25) is 0 Å². The Balaban J connectivity index is 1.77. The molecule has 0 radical (unpaired) electrons. The minimum absolute atomic E-state index is 0.352. The van der Waals surface area contributed by atoms with E-state index in [2.05, 4.69) is 10.3 Å². The molecule has 1 N–H and O–H groups in total. The molecule has 0 aliphatic heterocycles. The summed E-state index contributed by atoms with van der Waals surface area (Å²) in [5.74, 6) is 1.42. The molecule has 0 fully saturated rings. The third-order valence-corrected chi connectivity index (χ3v) is 4.57. The lowest BCUT2D eigenvalue weighted by atomic mass is 10.1. The number of halogens is 3. The van der Waals surface area contributed by atoms with Crippen LogP contribution in [0.4, 0.5) is 19.1 Å². The fraction of sp³-hybridized carbons (Fsp3) is 0.318. The second-order valence-electron chi connectivity index (χ2n) is 6.62. The maximum Gasteiger partial charge on any atom is 0.416 e. The number of hydrogen-bond donors (Lipinski definition) is 1. The molecule has 160 valence electrons. The van der Waals surface area contributed by atoms with Crippen LogP contribution in [0.3, 0.4) is 0 Å². The monoisotopic (exact) mass is 419 g/mol. The van der Waals surface area contributed by atoms with Crippen LogP contribution in [-0.2, 0) is 24.0 Å². The molecule has 0 aliphatic rings. The first-order chi connectivity index (χ1) is 14.4. The van der Waals surface area contributed by atoms with Crippen LogP contribution in [0.1, 0.15) is 18.1 Å². The number of hydrogen-bond acceptors (Lipinski definition) is 4. The Morgan fingerprint density at radius 2 is 1.73 bits per heavy atom. The van der Waals surface area contributed by atoms with Crippen molar-refractivity contribution in [1.82, 2.24) is 9.55 Å². The zero-order valence-corrected chi connectivity index (χ0v) is 16.9. The molecule has 0 atom stereocenters. The van der Waals surface area contributed by atoms with E-state index < -0.39 is 11.7 Å². The fourth-order valence-electron chi connectivity index (χ4n) is 3.04. The molecule has 3 aromatic rings. The Labute approximate surface area is 173 Å². The van der Waals surface area contributed by atoms with E-state index in [9.17, 15) is 13.2 Å². The fourth-order valence-corrected chi connectivity index (χ4v) is 3.04. The van der Waals surface area contributed by atoms with Crippen molar-refractivity contribution < 1.29 is 22.6 Å². The Kier molecular flexibility index (Phi) is 6.99. The van der Waals surface area contributed by atoms with E-state index in [4.69, 9.17) is 9.47 Å². The van der Waals surface area contributed by atoms with Crippen LogP contribution in [0.5, 0.6) is 5.75 Å². The van der Waals surface area contributed by atoms with Crippen molar-refractivity contribution in [2.45, 2.75) is 26.2 Å². The highest BCUT2D eigenvalue weighted by atomic mass is 19.4. The molecule has 0 aliphatic carbocycles. The molecule has 0 unspecified atom stereocenters. The van der Waals surface area contributed by atoms with Crippen LogP contribution in [0.25, 0.3) is 11.3 Å². The third-order valence-electron chi connectivity index (χ3n) is 4.57. The number of anilines is 1. The van der Waals surface area contributed by atoms with Gasteiger partial charge in [-0.15, -0.1) is 0 Å². The summed E-state index contributed by atoms with van der Waals surface area (Å²) in [5, 5.41) is 3.21. The molecule has 2 aromatic carbocycles. The highest BCUT2D eigenvalue weighted by Crippen LogP contribution is 2.29. The number of methoxy groups -OCH3 is 1. The van der Waals surface area contributed by atoms with Crippen molar-refractivity contribution >= 4 is 5.95 Å². The quantitative estimate of drug-likeness (QED) is 0.516. The Morgan fingerprint density at radius 1 is 1.03 bits per heavy atom. The molecule has 0 bridgehead atoms. The van der Waals surface area contributed by atoms with Gasteiger partial charge in [0.25, 0.3) is 0 Å². The molecule has 1 heterocycles. The van der Waals surface area contributed by atoms with Crippen molar-refractivity contribution in [3.05, 3.63) is 65.9 Å². The second kappa shape index (κ2) is 9.67. The van der Waals surface area contributed by atoms with E-state index in [1.165, 1.54) is 12.1 Å². The summed E-state index contributed by atoms with van der Waals surface area (Å²) in [6, 6.07) is 12.8. The number of rotatable bonds is 9. The molecule has 0 saturated heterocycles. The lowest BCUT2D eigenvalue weighted by Gasteiger charge is -2.14. The average Bonchev–Trinajstić information content (AvgIpc) is 3.14. The molecule has 1 aromatic heterocycles. The zero-order valence-electron chi connectivity index (χ0n) is 16.9. The topological polar surface area (TPSA) is 48.3 Å². The molecule has 8 heteroatoms. The molecular weight excluding hydrogens is 395 g/mol. The van der Waals surface area contributed by atoms with E-state index in [0.29, 0.717) is 32.3 Å². The van der Waals surface area contributed by atoms with Crippen LogP contribution in [0.15, 0.2) is 54.7 Å². The van der Waals surface area contributed by atoms with Gasteiger partial charge in [0, 0.05) is 25.8 Å². The number of nitrogens with one attached hydrogen (secondary N) is 1. The standard InChI is InChI=1S/C22H24F3N3O2/c1-3-30-19-10-6-17(7-11-19)20-15-27-21(28(20)12-13-29-2)26-14-16-4-8-18(9-5-16)22(23,24)25/h4-11,15H,3,12-14H2,1-2H3,(H,26,27). The first kappa shape index (κ1) is 21.7. The van der Waals surface area contributed by atoms with Crippen molar-refractivity contribution in [2.24, 2.45) is 0 Å². The number of ether oxygens (including phenoxy) is 2. The largest absolute Gasteiger partial charge is 0.494 e. The molecular formula is C22H24F3N3O2. The SMILES string of the molecule is CCOc1ccc(-c2cnc(NCc3ccc(C(F)(F)F)cc3)n2CCOC)cc1. The summed E-state index contributed by atoms with van der Waals surface area (Å²) in [5.41, 5.74) is 1.95. The molecule has 5 nitrogen and oxygen atoms in total. The van der Waals surface area contributed by atoms with Gasteiger partial charge in [-0.05, 0) is 48.9 Å². The average molecular weight is 419 g/mol. The van der Waals surface area contributed by atoms with E-state index in [-0.39, 0.29) is 0 Å². The molecule has 0 spiro atoms. The maximum atomic E-state index is 12.7. The van der Waals surface area contributed by atoms with Gasteiger partial charge in [0.15, 0.2) is 0 Å². The van der Waals surface area contributed by atoms with Gasteiger partial charge in [0.05, 0.1) is 30.7 Å². The van der Waals surface area contributed by atoms with Crippen molar-refractivity contribution in [1.29, 1.82) is 0 Å². The summed E-state index contributed by atoms with van der Waals surface area (Å²) < 4.78 is 50.9. The van der Waals surface area contributed by atoms with Gasteiger partial charge < -0.3 is 19.4 Å². The lowest BCUT2D eigenvalue weighted by Crippen LogP contribution is -2.12. The molecule has 0 amide bonds. The zero-order chi connectivity index (χ0) is 21.6. The van der Waals surface area contributed by atoms with Crippen LogP contribution < -0.4 is 10.1 Å². The molecule has 30 heavy (non-hydrogen) atoms. The minimum atomic E-state index is -4.34. The van der Waals surface area contributed by atoms with Crippen molar-refractivity contribution in [3.8, 4) is 17.0 Å². The van der Waals surface area contributed by atoms with Gasteiger partial charge in [-0.1, -0.05) is 12.1 Å². The van der Waals surface area contributed by atoms with E-state index in [1.54, 1.807) is 13.3 Å². The minimum Gasteiger partial charge on any atom is -0.494 e. The normalized spacial score (nSPS) is 11.5. The highest BCUT2D eigenvalue weighted by Gasteiger charge is 2.29. The smallest absolute Gasteiger partial charge is 0.416 e. The van der Waals surface area contributed by atoms with Gasteiger partial charge in [-0.25, -0.2) is 4.98 Å². The third kappa shape index (κ3) is 5.33.